The Bertz CT molecular complexity index is 767. The number of carbonyl (C=O) groups is 2. The van der Waals surface area contributed by atoms with E-state index in [0.29, 0.717) is 19.3 Å². The summed E-state index contributed by atoms with van der Waals surface area (Å²) in [5, 5.41) is 19.2. The van der Waals surface area contributed by atoms with Crippen LogP contribution in [0.25, 0.3) is 0 Å². The molecule has 0 saturated carbocycles. The summed E-state index contributed by atoms with van der Waals surface area (Å²) in [6, 6.07) is 0. The van der Waals surface area contributed by atoms with E-state index < -0.39 is 6.10 Å². The number of allylic oxidation sites excluding steroid dienone is 7. The van der Waals surface area contributed by atoms with E-state index >= 15 is 0 Å². The van der Waals surface area contributed by atoms with E-state index in [1.807, 2.05) is 12.2 Å². The number of ether oxygens (including phenoxy) is 2. The molecule has 248 valence electrons. The fourth-order valence-corrected chi connectivity index (χ4v) is 4.45. The summed E-state index contributed by atoms with van der Waals surface area (Å²) in [6.07, 6.45) is 33.7. The van der Waals surface area contributed by atoms with Crippen LogP contribution >= 0.6 is 0 Å². The molecule has 0 radical (unpaired) electrons. The van der Waals surface area contributed by atoms with Gasteiger partial charge in [-0.3, -0.25) is 9.59 Å². The minimum atomic E-state index is -0.802. The predicted molar refractivity (Wildman–Crippen MR) is 179 cm³/mol. The number of aliphatic hydroxyl groups is 2. The molecule has 43 heavy (non-hydrogen) atoms. The Labute approximate surface area is 263 Å². The molecule has 0 unspecified atom stereocenters. The first kappa shape index (κ1) is 40.8. The van der Waals surface area contributed by atoms with Crippen LogP contribution in [0.3, 0.4) is 0 Å². The summed E-state index contributed by atoms with van der Waals surface area (Å²) >= 11 is 0. The average molecular weight is 605 g/mol. The van der Waals surface area contributed by atoms with Crippen molar-refractivity contribution in [3.8, 4) is 0 Å². The highest BCUT2D eigenvalue weighted by Gasteiger charge is 2.16. The SMILES string of the molecule is CCCC[C@H](O)/C=C\C/C=C\C/C=C\C/C=C\CCCC(=O)OC[C@H](CO)OC(=O)CCCCCCCCCCC(C)C. The van der Waals surface area contributed by atoms with Crippen molar-refractivity contribution < 1.29 is 29.3 Å². The van der Waals surface area contributed by atoms with Crippen LogP contribution in [0.4, 0.5) is 0 Å². The number of hydrogen-bond donors (Lipinski definition) is 2. The monoisotopic (exact) mass is 604 g/mol. The molecule has 0 aromatic heterocycles. The maximum atomic E-state index is 12.1. The zero-order valence-corrected chi connectivity index (χ0v) is 27.7. The molecule has 0 heterocycles. The maximum absolute atomic E-state index is 12.1. The molecule has 0 spiro atoms. The largest absolute Gasteiger partial charge is 0.462 e. The van der Waals surface area contributed by atoms with E-state index in [2.05, 4.69) is 57.2 Å². The number of esters is 2. The zero-order chi connectivity index (χ0) is 31.8. The quantitative estimate of drug-likeness (QED) is 0.0502. The van der Waals surface area contributed by atoms with Gasteiger partial charge in [0.2, 0.25) is 0 Å². The minimum Gasteiger partial charge on any atom is -0.462 e. The van der Waals surface area contributed by atoms with Gasteiger partial charge in [-0.25, -0.2) is 0 Å². The van der Waals surface area contributed by atoms with E-state index in [-0.39, 0.29) is 31.3 Å². The third-order valence-electron chi connectivity index (χ3n) is 7.12. The van der Waals surface area contributed by atoms with E-state index in [0.717, 1.165) is 70.1 Å². The molecule has 6 heteroatoms. The predicted octanol–water partition coefficient (Wildman–Crippen LogP) is 9.11. The van der Waals surface area contributed by atoms with Crippen LogP contribution in [-0.2, 0) is 19.1 Å². The number of rotatable bonds is 29. The highest BCUT2D eigenvalue weighted by Crippen LogP contribution is 2.13. The van der Waals surface area contributed by atoms with Crippen LogP contribution in [0.2, 0.25) is 0 Å². The number of unbranched alkanes of at least 4 members (excludes halogenated alkanes) is 9. The molecule has 0 aromatic carbocycles. The van der Waals surface area contributed by atoms with Crippen LogP contribution in [0.5, 0.6) is 0 Å². The standard InChI is InChI=1S/C37H64O6/c1-4-5-27-34(39)28-23-19-15-10-8-6-7-9-11-16-20-24-29-36(40)42-32-35(31-38)43-37(41)30-25-21-17-13-12-14-18-22-26-33(2)3/h6-7,10-11,15-16,23,28,33-35,38-39H,4-5,8-9,12-14,17-22,24-27,29-32H2,1-3H3/b7-6-,15-10-,16-11-,28-23-/t34-,35-/m0/s1. The summed E-state index contributed by atoms with van der Waals surface area (Å²) in [7, 11) is 0. The minimum absolute atomic E-state index is 0.107. The van der Waals surface area contributed by atoms with Crippen molar-refractivity contribution in [3.05, 3.63) is 48.6 Å². The second-order valence-corrected chi connectivity index (χ2v) is 11.9. The van der Waals surface area contributed by atoms with Gasteiger partial charge in [-0.05, 0) is 50.9 Å². The lowest BCUT2D eigenvalue weighted by Crippen LogP contribution is -2.28. The third kappa shape index (κ3) is 31.1. The summed E-state index contributed by atoms with van der Waals surface area (Å²) < 4.78 is 10.5. The molecule has 0 fully saturated rings. The van der Waals surface area contributed by atoms with Gasteiger partial charge in [0.25, 0.3) is 0 Å². The second-order valence-electron chi connectivity index (χ2n) is 11.9. The number of hydrogen-bond acceptors (Lipinski definition) is 6. The van der Waals surface area contributed by atoms with Crippen LogP contribution in [0.1, 0.15) is 143 Å². The Morgan fingerprint density at radius 2 is 1.23 bits per heavy atom. The van der Waals surface area contributed by atoms with E-state index in [1.54, 1.807) is 0 Å². The molecular weight excluding hydrogens is 540 g/mol. The van der Waals surface area contributed by atoms with Crippen molar-refractivity contribution in [1.29, 1.82) is 0 Å². The van der Waals surface area contributed by atoms with E-state index in [4.69, 9.17) is 9.47 Å². The lowest BCUT2D eigenvalue weighted by molar-refractivity contribution is -0.161. The Balaban J connectivity index is 3.75. The molecule has 2 N–H and O–H groups in total. The molecular formula is C37H64O6. The van der Waals surface area contributed by atoms with Crippen molar-refractivity contribution in [2.24, 2.45) is 5.92 Å². The van der Waals surface area contributed by atoms with Gasteiger partial charge in [0.05, 0.1) is 12.7 Å². The molecule has 0 aliphatic carbocycles. The molecule has 0 amide bonds. The lowest BCUT2D eigenvalue weighted by atomic mass is 10.0. The van der Waals surface area contributed by atoms with Crippen molar-refractivity contribution in [2.45, 2.75) is 155 Å². The first-order valence-electron chi connectivity index (χ1n) is 17.1. The van der Waals surface area contributed by atoms with Gasteiger partial charge in [0, 0.05) is 12.8 Å². The Kier molecular flexibility index (Phi) is 29.7. The Morgan fingerprint density at radius 3 is 1.84 bits per heavy atom. The van der Waals surface area contributed by atoms with Crippen molar-refractivity contribution in [1.82, 2.24) is 0 Å². The highest BCUT2D eigenvalue weighted by atomic mass is 16.6. The summed E-state index contributed by atoms with van der Waals surface area (Å²) in [6.45, 7) is 6.20. The van der Waals surface area contributed by atoms with Crippen LogP contribution in [0, 0.1) is 5.92 Å². The van der Waals surface area contributed by atoms with Gasteiger partial charge in [-0.1, -0.05) is 134 Å². The van der Waals surface area contributed by atoms with Crippen LogP contribution < -0.4 is 0 Å². The van der Waals surface area contributed by atoms with Crippen molar-refractivity contribution in [3.63, 3.8) is 0 Å². The average Bonchev–Trinajstić information content (AvgIpc) is 2.98. The molecule has 0 aliphatic rings. The maximum Gasteiger partial charge on any atom is 0.306 e. The Hall–Kier alpha value is -2.18. The fourth-order valence-electron chi connectivity index (χ4n) is 4.45. The number of carbonyl (C=O) groups excluding carboxylic acids is 2. The Morgan fingerprint density at radius 1 is 0.674 bits per heavy atom. The molecule has 0 saturated heterocycles. The molecule has 0 aromatic rings. The van der Waals surface area contributed by atoms with Gasteiger partial charge in [0.15, 0.2) is 6.10 Å². The summed E-state index contributed by atoms with van der Waals surface area (Å²) in [4.78, 5) is 24.1. The van der Waals surface area contributed by atoms with E-state index in [1.165, 1.54) is 38.5 Å². The first-order valence-corrected chi connectivity index (χ1v) is 17.1. The normalized spacial score (nSPS) is 13.6. The van der Waals surface area contributed by atoms with Gasteiger partial charge in [0.1, 0.15) is 6.61 Å². The van der Waals surface area contributed by atoms with Crippen LogP contribution in [0.15, 0.2) is 48.6 Å². The lowest BCUT2D eigenvalue weighted by Gasteiger charge is -2.15. The molecule has 0 aliphatic heterocycles. The van der Waals surface area contributed by atoms with Gasteiger partial charge in [-0.2, -0.15) is 0 Å². The highest BCUT2D eigenvalue weighted by molar-refractivity contribution is 5.70. The van der Waals surface area contributed by atoms with Crippen LogP contribution in [-0.4, -0.2) is 47.6 Å². The zero-order valence-electron chi connectivity index (χ0n) is 27.7. The molecule has 2 atom stereocenters. The molecule has 6 nitrogen and oxygen atoms in total. The third-order valence-corrected chi connectivity index (χ3v) is 7.12. The fraction of sp³-hybridized carbons (Fsp3) is 0.730. The van der Waals surface area contributed by atoms with Gasteiger partial charge >= 0.3 is 11.9 Å². The molecule has 0 bridgehead atoms. The van der Waals surface area contributed by atoms with Crippen molar-refractivity contribution >= 4 is 11.9 Å². The summed E-state index contributed by atoms with van der Waals surface area (Å²) in [5.74, 6) is 0.110. The van der Waals surface area contributed by atoms with Crippen molar-refractivity contribution in [2.75, 3.05) is 13.2 Å². The molecule has 0 rings (SSSR count). The van der Waals surface area contributed by atoms with Gasteiger partial charge in [-0.15, -0.1) is 0 Å². The first-order chi connectivity index (χ1) is 20.9. The topological polar surface area (TPSA) is 93.1 Å². The second kappa shape index (κ2) is 31.3. The van der Waals surface area contributed by atoms with E-state index in [9.17, 15) is 19.8 Å². The number of aliphatic hydroxyl groups excluding tert-OH is 2. The van der Waals surface area contributed by atoms with Gasteiger partial charge < -0.3 is 19.7 Å². The summed E-state index contributed by atoms with van der Waals surface area (Å²) in [5.41, 5.74) is 0. The smallest absolute Gasteiger partial charge is 0.306 e.